The van der Waals surface area contributed by atoms with Crippen LogP contribution < -0.4 is 5.32 Å². The number of rotatable bonds is 5. The van der Waals surface area contributed by atoms with Crippen molar-refractivity contribution in [2.75, 3.05) is 5.32 Å². The van der Waals surface area contributed by atoms with Crippen molar-refractivity contribution in [3.05, 3.63) is 83.6 Å². The molecule has 0 saturated heterocycles. The summed E-state index contributed by atoms with van der Waals surface area (Å²) in [5.41, 5.74) is 2.04. The van der Waals surface area contributed by atoms with Crippen LogP contribution in [-0.2, 0) is 0 Å². The minimum Gasteiger partial charge on any atom is -0.508 e. The van der Waals surface area contributed by atoms with Gasteiger partial charge in [0.2, 0.25) is 0 Å². The molecule has 0 aliphatic rings. The van der Waals surface area contributed by atoms with Gasteiger partial charge in [-0.2, -0.15) is 0 Å². The predicted molar refractivity (Wildman–Crippen MR) is 121 cm³/mol. The van der Waals surface area contributed by atoms with Gasteiger partial charge in [-0.3, -0.25) is 4.79 Å². The maximum atomic E-state index is 12.7. The molecule has 0 atom stereocenters. The number of aryl methyl sites for hydroxylation is 1. The Labute approximate surface area is 188 Å². The minimum absolute atomic E-state index is 0.0907. The number of phenolic OH excluding ortho intramolecular Hbond substituents is 3. The molecular formula is C25H19NO7. The first-order valence-corrected chi connectivity index (χ1v) is 9.84. The van der Waals surface area contributed by atoms with Crippen molar-refractivity contribution in [2.45, 2.75) is 6.92 Å². The number of carboxylic acid groups (broad SMARTS) is 1. The second kappa shape index (κ2) is 8.43. The van der Waals surface area contributed by atoms with Crippen LogP contribution in [0.4, 0.5) is 5.69 Å². The van der Waals surface area contributed by atoms with Gasteiger partial charge in [-0.05, 0) is 55.0 Å². The van der Waals surface area contributed by atoms with Gasteiger partial charge in [-0.15, -0.1) is 0 Å². The van der Waals surface area contributed by atoms with Crippen LogP contribution >= 0.6 is 0 Å². The summed E-state index contributed by atoms with van der Waals surface area (Å²) in [6.07, 6.45) is 0. The average Bonchev–Trinajstić information content (AvgIpc) is 3.16. The van der Waals surface area contributed by atoms with E-state index in [2.05, 4.69) is 5.32 Å². The highest BCUT2D eigenvalue weighted by molar-refractivity contribution is 6.05. The SMILES string of the molecule is Cc1oc(-c2ccc(NC(=O)c3cccc(-c4c(O)cc(O)cc4O)c3)cc2)cc1C(=O)O. The zero-order chi connectivity index (χ0) is 23.7. The van der Waals surface area contributed by atoms with Crippen LogP contribution in [-0.4, -0.2) is 32.3 Å². The molecule has 0 radical (unpaired) electrons. The maximum Gasteiger partial charge on any atom is 0.339 e. The Hall–Kier alpha value is -4.72. The van der Waals surface area contributed by atoms with Crippen LogP contribution in [0.3, 0.4) is 0 Å². The molecule has 0 spiro atoms. The topological polar surface area (TPSA) is 140 Å². The molecule has 0 fully saturated rings. The molecule has 0 unspecified atom stereocenters. The molecular weight excluding hydrogens is 426 g/mol. The molecule has 3 aromatic carbocycles. The van der Waals surface area contributed by atoms with E-state index in [1.54, 1.807) is 49.4 Å². The number of anilines is 1. The second-order valence-corrected chi connectivity index (χ2v) is 7.36. The smallest absolute Gasteiger partial charge is 0.339 e. The number of nitrogens with one attached hydrogen (secondary N) is 1. The predicted octanol–water partition coefficient (Wildman–Crippen LogP) is 4.99. The number of benzene rings is 3. The van der Waals surface area contributed by atoms with Crippen LogP contribution in [0.25, 0.3) is 22.5 Å². The van der Waals surface area contributed by atoms with Gasteiger partial charge < -0.3 is 30.2 Å². The van der Waals surface area contributed by atoms with Gasteiger partial charge in [0.1, 0.15) is 34.3 Å². The van der Waals surface area contributed by atoms with Crippen molar-refractivity contribution >= 4 is 17.6 Å². The van der Waals surface area contributed by atoms with Gasteiger partial charge in [0.25, 0.3) is 5.91 Å². The lowest BCUT2D eigenvalue weighted by atomic mass is 10.0. The van der Waals surface area contributed by atoms with Crippen LogP contribution in [0.5, 0.6) is 17.2 Å². The third-order valence-electron chi connectivity index (χ3n) is 5.07. The van der Waals surface area contributed by atoms with E-state index in [-0.39, 0.29) is 33.9 Å². The number of carbonyl (C=O) groups is 2. The number of carboxylic acids is 1. The van der Waals surface area contributed by atoms with E-state index in [9.17, 15) is 24.9 Å². The Morgan fingerprint density at radius 1 is 0.848 bits per heavy atom. The summed E-state index contributed by atoms with van der Waals surface area (Å²) in [5, 5.41) is 41.6. The molecule has 8 nitrogen and oxygen atoms in total. The standard InChI is InChI=1S/C25H19NO7/c1-13-19(25(31)32)12-22(33-13)14-5-7-17(8-6-14)26-24(30)16-4-2-3-15(9-16)23-20(28)10-18(27)11-21(23)29/h2-12,27-29H,1H3,(H,26,30)(H,31,32). The van der Waals surface area contributed by atoms with Crippen LogP contribution in [0, 0.1) is 6.92 Å². The fourth-order valence-electron chi connectivity index (χ4n) is 3.47. The van der Waals surface area contributed by atoms with Gasteiger partial charge >= 0.3 is 5.97 Å². The Balaban J connectivity index is 1.54. The largest absolute Gasteiger partial charge is 0.508 e. The first kappa shape index (κ1) is 21.5. The van der Waals surface area contributed by atoms with E-state index in [0.29, 0.717) is 28.3 Å². The van der Waals surface area contributed by atoms with E-state index in [1.807, 2.05) is 0 Å². The summed E-state index contributed by atoms with van der Waals surface area (Å²) in [7, 11) is 0. The lowest BCUT2D eigenvalue weighted by Gasteiger charge is -2.10. The van der Waals surface area contributed by atoms with Gasteiger partial charge in [-0.25, -0.2) is 4.79 Å². The maximum absolute atomic E-state index is 12.7. The summed E-state index contributed by atoms with van der Waals surface area (Å²) in [6.45, 7) is 1.58. The summed E-state index contributed by atoms with van der Waals surface area (Å²) >= 11 is 0. The molecule has 1 aromatic heterocycles. The van der Waals surface area contributed by atoms with Crippen molar-refractivity contribution in [1.29, 1.82) is 0 Å². The van der Waals surface area contributed by atoms with Crippen molar-refractivity contribution < 1.29 is 34.4 Å². The van der Waals surface area contributed by atoms with E-state index >= 15 is 0 Å². The first-order chi connectivity index (χ1) is 15.7. The zero-order valence-electron chi connectivity index (χ0n) is 17.4. The molecule has 0 bridgehead atoms. The van der Waals surface area contributed by atoms with Crippen molar-refractivity contribution in [2.24, 2.45) is 0 Å². The molecule has 1 amide bonds. The number of hydrogen-bond donors (Lipinski definition) is 5. The third-order valence-corrected chi connectivity index (χ3v) is 5.07. The summed E-state index contributed by atoms with van der Waals surface area (Å²) in [6, 6.07) is 16.7. The Morgan fingerprint density at radius 2 is 1.52 bits per heavy atom. The second-order valence-electron chi connectivity index (χ2n) is 7.36. The van der Waals surface area contributed by atoms with E-state index in [1.165, 1.54) is 12.1 Å². The lowest BCUT2D eigenvalue weighted by Crippen LogP contribution is -2.11. The molecule has 0 aliphatic heterocycles. The molecule has 166 valence electrons. The molecule has 5 N–H and O–H groups in total. The number of amides is 1. The van der Waals surface area contributed by atoms with E-state index in [0.717, 1.165) is 12.1 Å². The highest BCUT2D eigenvalue weighted by Crippen LogP contribution is 2.40. The molecule has 4 rings (SSSR count). The van der Waals surface area contributed by atoms with Crippen molar-refractivity contribution in [3.8, 4) is 39.7 Å². The van der Waals surface area contributed by atoms with E-state index in [4.69, 9.17) is 9.52 Å². The number of hydrogen-bond acceptors (Lipinski definition) is 6. The zero-order valence-corrected chi connectivity index (χ0v) is 17.4. The minimum atomic E-state index is -1.07. The van der Waals surface area contributed by atoms with Gasteiger partial charge in [-0.1, -0.05) is 12.1 Å². The molecule has 0 saturated carbocycles. The van der Waals surface area contributed by atoms with Gasteiger partial charge in [0, 0.05) is 28.9 Å². The fraction of sp³-hybridized carbons (Fsp3) is 0.0400. The van der Waals surface area contributed by atoms with E-state index < -0.39 is 11.9 Å². The highest BCUT2D eigenvalue weighted by atomic mass is 16.4. The summed E-state index contributed by atoms with van der Waals surface area (Å²) < 4.78 is 5.51. The van der Waals surface area contributed by atoms with Crippen LogP contribution in [0.15, 0.2) is 71.1 Å². The normalized spacial score (nSPS) is 10.7. The van der Waals surface area contributed by atoms with Crippen LogP contribution in [0.2, 0.25) is 0 Å². The van der Waals surface area contributed by atoms with Crippen LogP contribution in [0.1, 0.15) is 26.5 Å². The monoisotopic (exact) mass is 445 g/mol. The lowest BCUT2D eigenvalue weighted by molar-refractivity contribution is 0.0694. The fourth-order valence-corrected chi connectivity index (χ4v) is 3.47. The number of aromatic hydroxyl groups is 3. The number of furan rings is 1. The van der Waals surface area contributed by atoms with Crippen molar-refractivity contribution in [3.63, 3.8) is 0 Å². The average molecular weight is 445 g/mol. The summed E-state index contributed by atoms with van der Waals surface area (Å²) in [5.74, 6) is -1.69. The third kappa shape index (κ3) is 4.35. The van der Waals surface area contributed by atoms with Gasteiger partial charge in [0.15, 0.2) is 0 Å². The molecule has 1 heterocycles. The Morgan fingerprint density at radius 3 is 2.12 bits per heavy atom. The van der Waals surface area contributed by atoms with Gasteiger partial charge in [0.05, 0.1) is 5.56 Å². The Bertz CT molecular complexity index is 1350. The van der Waals surface area contributed by atoms with Crippen molar-refractivity contribution in [1.82, 2.24) is 0 Å². The Kier molecular flexibility index (Phi) is 5.49. The molecule has 0 aliphatic carbocycles. The molecule has 8 heteroatoms. The molecule has 33 heavy (non-hydrogen) atoms. The molecule has 4 aromatic rings. The summed E-state index contributed by atoms with van der Waals surface area (Å²) in [4.78, 5) is 23.9. The highest BCUT2D eigenvalue weighted by Gasteiger charge is 2.16. The number of aromatic carboxylic acids is 1. The first-order valence-electron chi connectivity index (χ1n) is 9.84. The quantitative estimate of drug-likeness (QED) is 0.291. The number of carbonyl (C=O) groups excluding carboxylic acids is 1. The number of phenols is 3.